The van der Waals surface area contributed by atoms with Crippen molar-refractivity contribution in [2.45, 2.75) is 0 Å². The first-order valence-corrected chi connectivity index (χ1v) is 5.75. The van der Waals surface area contributed by atoms with E-state index in [1.807, 2.05) is 0 Å². The summed E-state index contributed by atoms with van der Waals surface area (Å²) in [6, 6.07) is 5.58. The lowest BCUT2D eigenvalue weighted by Gasteiger charge is -2.09. The summed E-state index contributed by atoms with van der Waals surface area (Å²) in [7, 11) is 0. The first kappa shape index (κ1) is 12.2. The number of ether oxygens (including phenoxy) is 2. The Kier molecular flexibility index (Phi) is 2.86. The van der Waals surface area contributed by atoms with Gasteiger partial charge in [0.05, 0.1) is 17.6 Å². The van der Waals surface area contributed by atoms with E-state index in [0.29, 0.717) is 22.9 Å². The zero-order valence-corrected chi connectivity index (χ0v) is 10.2. The van der Waals surface area contributed by atoms with Crippen LogP contribution in [0.1, 0.15) is 10.5 Å². The molecule has 0 radical (unpaired) electrons. The topological polar surface area (TPSA) is 86.5 Å². The van der Waals surface area contributed by atoms with E-state index in [0.717, 1.165) is 12.3 Å². The summed E-state index contributed by atoms with van der Waals surface area (Å²) in [5.41, 5.74) is 6.62. The van der Waals surface area contributed by atoms with Crippen molar-refractivity contribution in [3.63, 3.8) is 0 Å². The lowest BCUT2D eigenvalue weighted by Crippen LogP contribution is -2.14. The van der Waals surface area contributed by atoms with Gasteiger partial charge in [-0.05, 0) is 12.1 Å². The summed E-state index contributed by atoms with van der Waals surface area (Å²) in [5.74, 6) is 0.0293. The third-order valence-electron chi connectivity index (χ3n) is 2.75. The number of aromatic nitrogens is 1. The minimum atomic E-state index is -0.510. The number of rotatable bonds is 2. The third-order valence-corrected chi connectivity index (χ3v) is 2.75. The van der Waals surface area contributed by atoms with E-state index < -0.39 is 11.7 Å². The van der Waals surface area contributed by atoms with Gasteiger partial charge in [-0.2, -0.15) is 0 Å². The summed E-state index contributed by atoms with van der Waals surface area (Å²) in [6.07, 6.45) is 0.970. The number of benzene rings is 1. The SMILES string of the molecule is Nc1cc2c(cc1NC(=O)c1ccc(F)cn1)OCO2. The second-order valence-electron chi connectivity index (χ2n) is 4.11. The number of amides is 1. The molecule has 3 rings (SSSR count). The minimum Gasteiger partial charge on any atom is -0.454 e. The monoisotopic (exact) mass is 275 g/mol. The molecule has 0 aliphatic carbocycles. The third kappa shape index (κ3) is 2.20. The summed E-state index contributed by atoms with van der Waals surface area (Å²) >= 11 is 0. The van der Waals surface area contributed by atoms with Gasteiger partial charge in [-0.15, -0.1) is 0 Å². The Morgan fingerprint density at radius 2 is 2.05 bits per heavy atom. The van der Waals surface area contributed by atoms with Gasteiger partial charge in [0.1, 0.15) is 11.5 Å². The van der Waals surface area contributed by atoms with Crippen LogP contribution in [0.2, 0.25) is 0 Å². The van der Waals surface area contributed by atoms with Crippen molar-refractivity contribution in [1.82, 2.24) is 4.98 Å². The molecule has 1 aromatic carbocycles. The Labute approximate surface area is 113 Å². The highest BCUT2D eigenvalue weighted by Crippen LogP contribution is 2.38. The van der Waals surface area contributed by atoms with Crippen molar-refractivity contribution >= 4 is 17.3 Å². The number of nitrogen functional groups attached to an aromatic ring is 1. The quantitative estimate of drug-likeness (QED) is 0.816. The van der Waals surface area contributed by atoms with Crippen molar-refractivity contribution in [2.75, 3.05) is 17.8 Å². The fourth-order valence-electron chi connectivity index (χ4n) is 1.76. The van der Waals surface area contributed by atoms with Gasteiger partial charge in [-0.25, -0.2) is 9.37 Å². The lowest BCUT2D eigenvalue weighted by molar-refractivity contribution is 0.102. The molecule has 1 aliphatic heterocycles. The number of anilines is 2. The molecule has 1 amide bonds. The average Bonchev–Trinajstić information content (AvgIpc) is 2.87. The van der Waals surface area contributed by atoms with Gasteiger partial charge in [0.15, 0.2) is 11.5 Å². The maximum Gasteiger partial charge on any atom is 0.274 e. The van der Waals surface area contributed by atoms with E-state index >= 15 is 0 Å². The molecule has 2 heterocycles. The predicted molar refractivity (Wildman–Crippen MR) is 69.1 cm³/mol. The Morgan fingerprint density at radius 3 is 2.75 bits per heavy atom. The van der Waals surface area contributed by atoms with Gasteiger partial charge in [0, 0.05) is 12.1 Å². The van der Waals surface area contributed by atoms with E-state index in [9.17, 15) is 9.18 Å². The van der Waals surface area contributed by atoms with Gasteiger partial charge in [-0.3, -0.25) is 4.79 Å². The fourth-order valence-corrected chi connectivity index (χ4v) is 1.76. The van der Waals surface area contributed by atoms with Gasteiger partial charge in [0.25, 0.3) is 5.91 Å². The Morgan fingerprint density at radius 1 is 1.30 bits per heavy atom. The molecule has 0 bridgehead atoms. The van der Waals surface area contributed by atoms with E-state index in [1.165, 1.54) is 6.07 Å². The standard InChI is InChI=1S/C13H10FN3O3/c14-7-1-2-9(16-5-7)13(18)17-10-4-12-11(3-8(10)15)19-6-20-12/h1-5H,6,15H2,(H,17,18). The van der Waals surface area contributed by atoms with Gasteiger partial charge < -0.3 is 20.5 Å². The van der Waals surface area contributed by atoms with Gasteiger partial charge in [0.2, 0.25) is 6.79 Å². The summed E-state index contributed by atoms with van der Waals surface area (Å²) < 4.78 is 23.1. The van der Waals surface area contributed by atoms with Crippen molar-refractivity contribution in [1.29, 1.82) is 0 Å². The summed E-state index contributed by atoms with van der Waals surface area (Å²) in [4.78, 5) is 15.6. The summed E-state index contributed by atoms with van der Waals surface area (Å²) in [6.45, 7) is 0.117. The molecule has 0 atom stereocenters. The molecule has 1 aliphatic rings. The number of carbonyl (C=O) groups excluding carboxylic acids is 1. The molecule has 0 saturated heterocycles. The number of pyridine rings is 1. The zero-order chi connectivity index (χ0) is 14.1. The van der Waals surface area contributed by atoms with E-state index in [-0.39, 0.29) is 12.5 Å². The van der Waals surface area contributed by atoms with Crippen LogP contribution in [0.4, 0.5) is 15.8 Å². The van der Waals surface area contributed by atoms with Gasteiger partial charge >= 0.3 is 0 Å². The maximum atomic E-state index is 12.7. The normalized spacial score (nSPS) is 12.2. The number of fused-ring (bicyclic) bond motifs is 1. The largest absolute Gasteiger partial charge is 0.454 e. The number of nitrogens with two attached hydrogens (primary N) is 1. The van der Waals surface area contributed by atoms with E-state index in [1.54, 1.807) is 12.1 Å². The first-order chi connectivity index (χ1) is 9.63. The Bertz CT molecular complexity index is 673. The number of halogens is 1. The van der Waals surface area contributed by atoms with Crippen molar-refractivity contribution in [3.05, 3.63) is 42.0 Å². The van der Waals surface area contributed by atoms with Crippen LogP contribution in [0, 0.1) is 5.82 Å². The second kappa shape index (κ2) is 4.69. The lowest BCUT2D eigenvalue weighted by atomic mass is 10.2. The van der Waals surface area contributed by atoms with E-state index in [4.69, 9.17) is 15.2 Å². The molecular weight excluding hydrogens is 265 g/mol. The van der Waals surface area contributed by atoms with Crippen molar-refractivity contribution < 1.29 is 18.7 Å². The second-order valence-corrected chi connectivity index (χ2v) is 4.11. The molecule has 7 heteroatoms. The minimum absolute atomic E-state index is 0.0865. The molecule has 1 aromatic heterocycles. The molecule has 102 valence electrons. The highest BCUT2D eigenvalue weighted by molar-refractivity contribution is 6.04. The smallest absolute Gasteiger partial charge is 0.274 e. The van der Waals surface area contributed by atoms with Crippen molar-refractivity contribution in [2.24, 2.45) is 0 Å². The average molecular weight is 275 g/mol. The molecule has 0 unspecified atom stereocenters. The number of nitrogens with zero attached hydrogens (tertiary/aromatic N) is 1. The van der Waals surface area contributed by atoms with Crippen LogP contribution in [0.5, 0.6) is 11.5 Å². The Balaban J connectivity index is 1.84. The van der Waals surface area contributed by atoms with Crippen LogP contribution in [0.25, 0.3) is 0 Å². The van der Waals surface area contributed by atoms with Crippen LogP contribution in [0.3, 0.4) is 0 Å². The molecule has 0 spiro atoms. The zero-order valence-electron chi connectivity index (χ0n) is 10.2. The first-order valence-electron chi connectivity index (χ1n) is 5.75. The van der Waals surface area contributed by atoms with Crippen LogP contribution >= 0.6 is 0 Å². The van der Waals surface area contributed by atoms with E-state index in [2.05, 4.69) is 10.3 Å². The fraction of sp³-hybridized carbons (Fsp3) is 0.0769. The highest BCUT2D eigenvalue weighted by atomic mass is 19.1. The molecule has 2 aromatic rings. The van der Waals surface area contributed by atoms with Gasteiger partial charge in [-0.1, -0.05) is 0 Å². The molecule has 20 heavy (non-hydrogen) atoms. The van der Waals surface area contributed by atoms with Crippen LogP contribution < -0.4 is 20.5 Å². The molecule has 0 saturated carbocycles. The number of hydrogen-bond donors (Lipinski definition) is 2. The Hall–Kier alpha value is -2.83. The number of nitrogens with one attached hydrogen (secondary N) is 1. The molecular formula is C13H10FN3O3. The predicted octanol–water partition coefficient (Wildman–Crippen LogP) is 1.78. The highest BCUT2D eigenvalue weighted by Gasteiger charge is 2.18. The summed E-state index contributed by atoms with van der Waals surface area (Å²) in [5, 5.41) is 2.59. The molecule has 3 N–H and O–H groups in total. The van der Waals surface area contributed by atoms with Crippen LogP contribution in [-0.2, 0) is 0 Å². The maximum absolute atomic E-state index is 12.7. The van der Waals surface area contributed by atoms with Crippen molar-refractivity contribution in [3.8, 4) is 11.5 Å². The van der Waals surface area contributed by atoms with Crippen LogP contribution in [0.15, 0.2) is 30.5 Å². The number of carbonyl (C=O) groups is 1. The number of hydrogen-bond acceptors (Lipinski definition) is 5. The molecule has 6 nitrogen and oxygen atoms in total. The molecule has 0 fully saturated rings. The van der Waals surface area contributed by atoms with Crippen LogP contribution in [-0.4, -0.2) is 17.7 Å².